The molecule has 1 heterocycles. The van der Waals surface area contributed by atoms with Crippen LogP contribution in [0.3, 0.4) is 0 Å². The summed E-state index contributed by atoms with van der Waals surface area (Å²) >= 11 is 12.7. The van der Waals surface area contributed by atoms with Gasteiger partial charge in [-0.3, -0.25) is 4.79 Å². The van der Waals surface area contributed by atoms with Crippen molar-refractivity contribution in [3.8, 4) is 0 Å². The summed E-state index contributed by atoms with van der Waals surface area (Å²) in [7, 11) is 0. The number of carbonyl (C=O) groups excluding carboxylic acids is 3. The maximum absolute atomic E-state index is 14.7. The molecule has 0 saturated carbocycles. The summed E-state index contributed by atoms with van der Waals surface area (Å²) in [5, 5.41) is 3.68. The van der Waals surface area contributed by atoms with Crippen molar-refractivity contribution in [3.05, 3.63) is 106 Å². The van der Waals surface area contributed by atoms with E-state index in [1.807, 2.05) is 81.4 Å². The van der Waals surface area contributed by atoms with Crippen LogP contribution in [0.2, 0.25) is 10.0 Å². The van der Waals surface area contributed by atoms with E-state index in [1.54, 1.807) is 48.8 Å². The molecule has 0 radical (unpaired) electrons. The number of halogens is 2. The van der Waals surface area contributed by atoms with Gasteiger partial charge in [-0.25, -0.2) is 9.59 Å². The van der Waals surface area contributed by atoms with Crippen LogP contribution >= 0.6 is 23.2 Å². The topological polar surface area (TPSA) is 88.2 Å². The largest absolute Gasteiger partial charge is 0.444 e. The molecule has 4 rings (SSSR count). The van der Waals surface area contributed by atoms with Crippen LogP contribution in [-0.2, 0) is 33.5 Å². The quantitative estimate of drug-likeness (QED) is 0.263. The van der Waals surface area contributed by atoms with E-state index in [-0.39, 0.29) is 31.5 Å². The van der Waals surface area contributed by atoms with Gasteiger partial charge in [0.1, 0.15) is 17.2 Å². The second kappa shape index (κ2) is 15.4. The van der Waals surface area contributed by atoms with Gasteiger partial charge in [0.2, 0.25) is 5.91 Å². The molecular weight excluding hydrogens is 637 g/mol. The van der Waals surface area contributed by atoms with E-state index < -0.39 is 35.5 Å². The number of rotatable bonds is 8. The highest BCUT2D eigenvalue weighted by Gasteiger charge is 2.42. The highest BCUT2D eigenvalue weighted by Crippen LogP contribution is 2.27. The molecule has 0 aliphatic carbocycles. The van der Waals surface area contributed by atoms with Crippen LogP contribution in [0.15, 0.2) is 78.9 Å². The molecule has 1 unspecified atom stereocenters. The van der Waals surface area contributed by atoms with Gasteiger partial charge in [-0.15, -0.1) is 0 Å². The van der Waals surface area contributed by atoms with Crippen LogP contribution in [0.1, 0.15) is 58.2 Å². The van der Waals surface area contributed by atoms with Crippen molar-refractivity contribution >= 4 is 41.3 Å². The number of benzene rings is 3. The van der Waals surface area contributed by atoms with Gasteiger partial charge in [-0.2, -0.15) is 0 Å². The molecule has 10 heteroatoms. The lowest BCUT2D eigenvalue weighted by Crippen LogP contribution is -2.65. The predicted octanol–water partition coefficient (Wildman–Crippen LogP) is 7.73. The van der Waals surface area contributed by atoms with Crippen molar-refractivity contribution in [2.24, 2.45) is 0 Å². The minimum Gasteiger partial charge on any atom is -0.444 e. The molecule has 1 aliphatic rings. The zero-order chi connectivity index (χ0) is 34.4. The fourth-order valence-electron chi connectivity index (χ4n) is 5.64. The van der Waals surface area contributed by atoms with E-state index >= 15 is 0 Å². The van der Waals surface area contributed by atoms with Crippen LogP contribution in [0.25, 0.3) is 0 Å². The number of ether oxygens (including phenoxy) is 2. The summed E-state index contributed by atoms with van der Waals surface area (Å²) in [6.45, 7) is 11.3. The van der Waals surface area contributed by atoms with Crippen molar-refractivity contribution in [3.63, 3.8) is 0 Å². The van der Waals surface area contributed by atoms with Gasteiger partial charge in [0.05, 0.1) is 12.1 Å². The van der Waals surface area contributed by atoms with Crippen molar-refractivity contribution < 1.29 is 23.9 Å². The monoisotopic (exact) mass is 681 g/mol. The lowest BCUT2D eigenvalue weighted by atomic mass is 9.94. The first kappa shape index (κ1) is 36.1. The van der Waals surface area contributed by atoms with Crippen LogP contribution in [0.4, 0.5) is 9.59 Å². The Morgan fingerprint density at radius 2 is 1.28 bits per heavy atom. The zero-order valence-corrected chi connectivity index (χ0v) is 29.5. The minimum atomic E-state index is -1.01. The Labute approximate surface area is 288 Å². The van der Waals surface area contributed by atoms with E-state index in [9.17, 15) is 14.4 Å². The lowest BCUT2D eigenvalue weighted by molar-refractivity contribution is -0.140. The van der Waals surface area contributed by atoms with Crippen molar-refractivity contribution in [2.75, 3.05) is 13.1 Å². The second-order valence-electron chi connectivity index (χ2n) is 13.9. The summed E-state index contributed by atoms with van der Waals surface area (Å²) in [5.74, 6) is -0.301. The van der Waals surface area contributed by atoms with E-state index in [0.717, 1.165) is 11.1 Å². The molecule has 47 heavy (non-hydrogen) atoms. The first-order valence-electron chi connectivity index (χ1n) is 15.9. The smallest absolute Gasteiger partial charge is 0.410 e. The van der Waals surface area contributed by atoms with Gasteiger partial charge in [-0.05, 0) is 83.2 Å². The van der Waals surface area contributed by atoms with Gasteiger partial charge < -0.3 is 24.6 Å². The molecule has 1 saturated heterocycles. The fraction of sp³-hybridized carbons (Fsp3) is 0.432. The van der Waals surface area contributed by atoms with Gasteiger partial charge in [0, 0.05) is 29.6 Å². The normalized spacial score (nSPS) is 17.5. The summed E-state index contributed by atoms with van der Waals surface area (Å²) in [4.78, 5) is 45.1. The van der Waals surface area contributed by atoms with Crippen LogP contribution in [0.5, 0.6) is 0 Å². The van der Waals surface area contributed by atoms with Crippen molar-refractivity contribution in [1.82, 2.24) is 15.1 Å². The molecule has 1 fully saturated rings. The number of alkyl carbamates (subject to hydrolysis) is 1. The number of nitrogens with one attached hydrogen (secondary N) is 1. The number of piperazine rings is 1. The molecular formula is C37H45Cl2N3O5. The maximum Gasteiger partial charge on any atom is 0.410 e. The molecule has 1 N–H and O–H groups in total. The third kappa shape index (κ3) is 10.9. The second-order valence-corrected chi connectivity index (χ2v) is 14.8. The molecule has 8 nitrogen and oxygen atoms in total. The zero-order valence-electron chi connectivity index (χ0n) is 28.0. The Morgan fingerprint density at radius 1 is 0.766 bits per heavy atom. The summed E-state index contributed by atoms with van der Waals surface area (Å²) < 4.78 is 11.4. The predicted molar refractivity (Wildman–Crippen MR) is 186 cm³/mol. The molecule has 0 aromatic heterocycles. The van der Waals surface area contributed by atoms with Gasteiger partial charge in [0.15, 0.2) is 0 Å². The Bertz CT molecular complexity index is 1520. The molecule has 252 valence electrons. The first-order valence-corrected chi connectivity index (χ1v) is 16.6. The SMILES string of the molecule is CC(C)(C)OC(=O)N[C@H](Cc1ccc(Cl)cc1Cl)C(=O)N1C[C@H](Cc2ccccc2)N(C(=O)OC(C)(C)C)CC1Cc1ccccc1. The number of nitrogens with zero attached hydrogens (tertiary/aromatic N) is 2. The van der Waals surface area contributed by atoms with Crippen LogP contribution in [-0.4, -0.2) is 70.3 Å². The highest BCUT2D eigenvalue weighted by atomic mass is 35.5. The first-order chi connectivity index (χ1) is 22.1. The Kier molecular flexibility index (Phi) is 11.9. The van der Waals surface area contributed by atoms with Crippen LogP contribution in [0, 0.1) is 0 Å². The average Bonchev–Trinajstić information content (AvgIpc) is 2.97. The average molecular weight is 683 g/mol. The summed E-state index contributed by atoms with van der Waals surface area (Å²) in [5.41, 5.74) is 1.22. The third-order valence-corrected chi connectivity index (χ3v) is 8.25. The van der Waals surface area contributed by atoms with E-state index in [0.29, 0.717) is 28.5 Å². The number of amides is 3. The molecule has 3 atom stereocenters. The minimum absolute atomic E-state index is 0.113. The van der Waals surface area contributed by atoms with Gasteiger partial charge in [-0.1, -0.05) is 89.9 Å². The Morgan fingerprint density at radius 3 is 1.79 bits per heavy atom. The number of hydrogen-bond donors (Lipinski definition) is 1. The molecule has 3 aromatic carbocycles. The Balaban J connectivity index is 1.74. The van der Waals surface area contributed by atoms with E-state index in [4.69, 9.17) is 32.7 Å². The van der Waals surface area contributed by atoms with Crippen molar-refractivity contribution in [1.29, 1.82) is 0 Å². The van der Waals surface area contributed by atoms with E-state index in [1.165, 1.54) is 0 Å². The van der Waals surface area contributed by atoms with E-state index in [2.05, 4.69) is 5.32 Å². The van der Waals surface area contributed by atoms with Crippen molar-refractivity contribution in [2.45, 2.75) is 90.1 Å². The molecule has 3 amide bonds. The van der Waals surface area contributed by atoms with Crippen LogP contribution < -0.4 is 5.32 Å². The fourth-order valence-corrected chi connectivity index (χ4v) is 6.13. The Hall–Kier alpha value is -3.75. The summed E-state index contributed by atoms with van der Waals surface area (Å²) in [6.07, 6.45) is -0.0319. The lowest BCUT2D eigenvalue weighted by Gasteiger charge is -2.47. The summed E-state index contributed by atoms with van der Waals surface area (Å²) in [6, 6.07) is 23.0. The molecule has 0 spiro atoms. The van der Waals surface area contributed by atoms with Gasteiger partial charge >= 0.3 is 12.2 Å². The molecule has 1 aliphatic heterocycles. The van der Waals surface area contributed by atoms with Gasteiger partial charge in [0.25, 0.3) is 0 Å². The maximum atomic E-state index is 14.7. The number of carbonyl (C=O) groups is 3. The molecule has 3 aromatic rings. The molecule has 0 bridgehead atoms. The standard InChI is InChI=1S/C37H45Cl2N3O5/c1-36(2,3)46-34(44)40-32(21-27-17-18-28(38)22-31(27)39)33(43)41-23-30(20-26-15-11-8-12-16-26)42(35(45)47-37(4,5)6)24-29(41)19-25-13-9-7-10-14-25/h7-18,22,29-30,32H,19-21,23-24H2,1-6H3,(H,40,44)/t29?,30-,32+/m0/s1. The highest BCUT2D eigenvalue weighted by molar-refractivity contribution is 6.35. The third-order valence-electron chi connectivity index (χ3n) is 7.66. The number of hydrogen-bond acceptors (Lipinski definition) is 5.